The summed E-state index contributed by atoms with van der Waals surface area (Å²) in [6, 6.07) is 7.38. The second-order valence-electron chi connectivity index (χ2n) is 5.10. The Morgan fingerprint density at radius 2 is 1.81 bits per heavy atom. The van der Waals surface area contributed by atoms with Crippen LogP contribution in [0.1, 0.15) is 31.8 Å². The second-order valence-corrected chi connectivity index (χ2v) is 5.10. The summed E-state index contributed by atoms with van der Waals surface area (Å²) >= 11 is 0. The van der Waals surface area contributed by atoms with Crippen LogP contribution in [-0.4, -0.2) is 16.6 Å². The third kappa shape index (κ3) is 2.36. The molecular formula is C17H14N2O2. The Bertz CT molecular complexity index is 791. The van der Waals surface area contributed by atoms with Crippen molar-refractivity contribution >= 4 is 17.3 Å². The molecule has 1 aromatic carbocycles. The molecule has 1 aliphatic carbocycles. The fraction of sp³-hybridized carbons (Fsp3) is 0.118. The van der Waals surface area contributed by atoms with Crippen LogP contribution in [0, 0.1) is 13.8 Å². The molecule has 0 fully saturated rings. The average Bonchev–Trinajstić information content (AvgIpc) is 2.48. The number of pyridine rings is 1. The maximum absolute atomic E-state index is 12.4. The van der Waals surface area contributed by atoms with Gasteiger partial charge in [0.05, 0.1) is 11.3 Å². The standard InChI is InChI=1S/C17H14N2O2/c1-10-3-4-12(7-11(10)2)19-15-8-16(20)13-5-6-18-9-14(13)17(15)21/h3-9,19H,1-2H3. The van der Waals surface area contributed by atoms with Gasteiger partial charge in [-0.2, -0.15) is 0 Å². The molecule has 104 valence electrons. The highest BCUT2D eigenvalue weighted by atomic mass is 16.1. The minimum Gasteiger partial charge on any atom is -0.352 e. The molecule has 4 nitrogen and oxygen atoms in total. The van der Waals surface area contributed by atoms with Gasteiger partial charge in [-0.1, -0.05) is 6.07 Å². The summed E-state index contributed by atoms with van der Waals surface area (Å²) in [6.45, 7) is 4.03. The monoisotopic (exact) mass is 278 g/mol. The van der Waals surface area contributed by atoms with Crippen LogP contribution in [0.3, 0.4) is 0 Å². The first-order valence-corrected chi connectivity index (χ1v) is 6.65. The van der Waals surface area contributed by atoms with Crippen molar-refractivity contribution in [2.45, 2.75) is 13.8 Å². The van der Waals surface area contributed by atoms with E-state index in [-0.39, 0.29) is 17.3 Å². The van der Waals surface area contributed by atoms with Crippen molar-refractivity contribution in [3.05, 3.63) is 70.7 Å². The van der Waals surface area contributed by atoms with Gasteiger partial charge in [0.15, 0.2) is 5.78 Å². The van der Waals surface area contributed by atoms with Crippen molar-refractivity contribution in [3.63, 3.8) is 0 Å². The smallest absolute Gasteiger partial charge is 0.211 e. The van der Waals surface area contributed by atoms with Gasteiger partial charge in [-0.3, -0.25) is 14.6 Å². The Balaban J connectivity index is 1.95. The molecule has 1 heterocycles. The molecule has 0 amide bonds. The van der Waals surface area contributed by atoms with Gasteiger partial charge in [0.2, 0.25) is 5.78 Å². The molecule has 1 N–H and O–H groups in total. The number of nitrogens with one attached hydrogen (secondary N) is 1. The maximum atomic E-state index is 12.4. The second kappa shape index (κ2) is 4.98. The van der Waals surface area contributed by atoms with Crippen LogP contribution in [0.2, 0.25) is 0 Å². The Labute approximate surface area is 122 Å². The van der Waals surface area contributed by atoms with Crippen LogP contribution in [0.25, 0.3) is 0 Å². The zero-order chi connectivity index (χ0) is 15.0. The lowest BCUT2D eigenvalue weighted by Gasteiger charge is -2.16. The number of ketones is 2. The van der Waals surface area contributed by atoms with Crippen LogP contribution in [0.15, 0.2) is 48.4 Å². The highest BCUT2D eigenvalue weighted by Gasteiger charge is 2.25. The average molecular weight is 278 g/mol. The van der Waals surface area contributed by atoms with E-state index in [4.69, 9.17) is 0 Å². The number of aromatic nitrogens is 1. The molecule has 0 aliphatic heterocycles. The van der Waals surface area contributed by atoms with Gasteiger partial charge in [-0.15, -0.1) is 0 Å². The topological polar surface area (TPSA) is 59.1 Å². The summed E-state index contributed by atoms with van der Waals surface area (Å²) in [5.74, 6) is -0.394. The summed E-state index contributed by atoms with van der Waals surface area (Å²) in [5, 5.41) is 3.03. The number of rotatable bonds is 2. The highest BCUT2D eigenvalue weighted by Crippen LogP contribution is 2.23. The Hall–Kier alpha value is -2.75. The van der Waals surface area contributed by atoms with Crippen LogP contribution in [0.5, 0.6) is 0 Å². The van der Waals surface area contributed by atoms with Gasteiger partial charge in [0, 0.05) is 29.7 Å². The van der Waals surface area contributed by atoms with E-state index >= 15 is 0 Å². The molecule has 0 bridgehead atoms. The predicted molar refractivity (Wildman–Crippen MR) is 80.5 cm³/mol. The summed E-state index contributed by atoms with van der Waals surface area (Å²) < 4.78 is 0. The van der Waals surface area contributed by atoms with E-state index in [0.29, 0.717) is 11.1 Å². The largest absolute Gasteiger partial charge is 0.352 e. The van der Waals surface area contributed by atoms with Gasteiger partial charge in [-0.05, 0) is 43.2 Å². The quantitative estimate of drug-likeness (QED) is 0.917. The lowest BCUT2D eigenvalue weighted by Crippen LogP contribution is -2.21. The van der Waals surface area contributed by atoms with Crippen LogP contribution in [-0.2, 0) is 0 Å². The first-order chi connectivity index (χ1) is 10.1. The van der Waals surface area contributed by atoms with Gasteiger partial charge in [-0.25, -0.2) is 0 Å². The molecule has 4 heteroatoms. The first kappa shape index (κ1) is 13.2. The molecule has 2 aromatic rings. The van der Waals surface area contributed by atoms with E-state index in [9.17, 15) is 9.59 Å². The maximum Gasteiger partial charge on any atom is 0.211 e. The van der Waals surface area contributed by atoms with Gasteiger partial charge < -0.3 is 5.32 Å². The number of carbonyl (C=O) groups excluding carboxylic acids is 2. The van der Waals surface area contributed by atoms with Crippen molar-refractivity contribution in [1.29, 1.82) is 0 Å². The fourth-order valence-electron chi connectivity index (χ4n) is 2.28. The molecule has 0 saturated carbocycles. The molecular weight excluding hydrogens is 264 g/mol. The summed E-state index contributed by atoms with van der Waals surface area (Å²) in [5.41, 5.74) is 4.12. The zero-order valence-electron chi connectivity index (χ0n) is 11.8. The van der Waals surface area contributed by atoms with Gasteiger partial charge in [0.25, 0.3) is 0 Å². The first-order valence-electron chi connectivity index (χ1n) is 6.65. The highest BCUT2D eigenvalue weighted by molar-refractivity contribution is 6.25. The third-order valence-corrected chi connectivity index (χ3v) is 3.64. The van der Waals surface area contributed by atoms with E-state index < -0.39 is 0 Å². The molecule has 21 heavy (non-hydrogen) atoms. The van der Waals surface area contributed by atoms with E-state index in [2.05, 4.69) is 10.3 Å². The number of allylic oxidation sites excluding steroid dienone is 2. The molecule has 0 radical (unpaired) electrons. The summed E-state index contributed by atoms with van der Waals surface area (Å²) in [7, 11) is 0. The number of carbonyl (C=O) groups is 2. The number of nitrogens with zero attached hydrogens (tertiary/aromatic N) is 1. The van der Waals surface area contributed by atoms with E-state index in [1.807, 2.05) is 32.0 Å². The molecule has 0 spiro atoms. The third-order valence-electron chi connectivity index (χ3n) is 3.64. The predicted octanol–water partition coefficient (Wildman–Crippen LogP) is 3.07. The zero-order valence-corrected chi connectivity index (χ0v) is 11.8. The number of hydrogen-bond acceptors (Lipinski definition) is 4. The minimum absolute atomic E-state index is 0.182. The van der Waals surface area contributed by atoms with Crippen molar-refractivity contribution < 1.29 is 9.59 Å². The molecule has 0 atom stereocenters. The molecule has 1 aromatic heterocycles. The van der Waals surface area contributed by atoms with Crippen LogP contribution >= 0.6 is 0 Å². The number of hydrogen-bond donors (Lipinski definition) is 1. The van der Waals surface area contributed by atoms with Crippen molar-refractivity contribution in [2.75, 3.05) is 5.32 Å². The fourth-order valence-corrected chi connectivity index (χ4v) is 2.28. The van der Waals surface area contributed by atoms with Gasteiger partial charge in [0.1, 0.15) is 0 Å². The summed E-state index contributed by atoms with van der Waals surface area (Å²) in [6.07, 6.45) is 4.30. The number of anilines is 1. The minimum atomic E-state index is -0.212. The number of benzene rings is 1. The Kier molecular flexibility index (Phi) is 3.14. The van der Waals surface area contributed by atoms with Crippen LogP contribution in [0.4, 0.5) is 5.69 Å². The SMILES string of the molecule is Cc1ccc(NC2=CC(=O)c3ccncc3C2=O)cc1C. The van der Waals surface area contributed by atoms with E-state index in [1.165, 1.54) is 24.0 Å². The van der Waals surface area contributed by atoms with Crippen molar-refractivity contribution in [3.8, 4) is 0 Å². The van der Waals surface area contributed by atoms with Gasteiger partial charge >= 0.3 is 0 Å². The van der Waals surface area contributed by atoms with E-state index in [0.717, 1.165) is 11.3 Å². The van der Waals surface area contributed by atoms with E-state index in [1.54, 1.807) is 6.07 Å². The van der Waals surface area contributed by atoms with Crippen molar-refractivity contribution in [2.24, 2.45) is 0 Å². The number of aryl methyl sites for hydroxylation is 2. The summed E-state index contributed by atoms with van der Waals surface area (Å²) in [4.78, 5) is 28.4. The normalized spacial score (nSPS) is 13.7. The molecule has 0 unspecified atom stereocenters. The lowest BCUT2D eigenvalue weighted by molar-refractivity contribution is 0.0985. The van der Waals surface area contributed by atoms with Crippen molar-refractivity contribution in [1.82, 2.24) is 4.98 Å². The molecule has 0 saturated heterocycles. The number of Topliss-reactive ketones (excluding diaryl/α,β-unsaturated/α-hetero) is 1. The lowest BCUT2D eigenvalue weighted by atomic mass is 9.94. The Morgan fingerprint density at radius 1 is 1.00 bits per heavy atom. The molecule has 1 aliphatic rings. The Morgan fingerprint density at radius 3 is 2.57 bits per heavy atom. The number of fused-ring (bicyclic) bond motifs is 1. The van der Waals surface area contributed by atoms with Crippen LogP contribution < -0.4 is 5.32 Å². The molecule has 3 rings (SSSR count).